The third-order valence-corrected chi connectivity index (χ3v) is 12.2. The van der Waals surface area contributed by atoms with Crippen molar-refractivity contribution in [2.45, 2.75) is 251 Å². The van der Waals surface area contributed by atoms with E-state index in [4.69, 9.17) is 24.3 Å². The van der Waals surface area contributed by atoms with Gasteiger partial charge in [-0.2, -0.15) is 0 Å². The predicted molar refractivity (Wildman–Crippen MR) is 266 cm³/mol. The third-order valence-electron chi connectivity index (χ3n) is 11.2. The van der Waals surface area contributed by atoms with Crippen LogP contribution in [0.1, 0.15) is 245 Å². The molecule has 10 heteroatoms. The molecule has 0 fully saturated rings. The van der Waals surface area contributed by atoms with E-state index in [1.165, 1.54) is 141 Å². The Morgan fingerprint density at radius 1 is 0.476 bits per heavy atom. The number of rotatable bonds is 49. The van der Waals surface area contributed by atoms with Gasteiger partial charge in [-0.1, -0.05) is 204 Å². The van der Waals surface area contributed by atoms with E-state index >= 15 is 0 Å². The minimum Gasteiger partial charge on any atom is -0.462 e. The number of esters is 2. The van der Waals surface area contributed by atoms with E-state index in [-0.39, 0.29) is 38.6 Å². The molecule has 9 nitrogen and oxygen atoms in total. The summed E-state index contributed by atoms with van der Waals surface area (Å²) in [6.07, 6.45) is 58.6. The highest BCUT2D eigenvalue weighted by Gasteiger charge is 2.26. The lowest BCUT2D eigenvalue weighted by molar-refractivity contribution is -0.161. The number of phosphoric ester groups is 1. The monoisotopic (exact) mass is 908 g/mol. The molecule has 368 valence electrons. The molecule has 0 aromatic rings. The number of nitrogens with two attached hydrogens (primary N) is 1. The highest BCUT2D eigenvalue weighted by molar-refractivity contribution is 7.47. The van der Waals surface area contributed by atoms with Crippen LogP contribution in [-0.2, 0) is 32.7 Å². The van der Waals surface area contributed by atoms with Crippen molar-refractivity contribution in [1.82, 2.24) is 0 Å². The molecule has 0 aromatic heterocycles. The summed E-state index contributed by atoms with van der Waals surface area (Å²) < 4.78 is 32.9. The molecule has 0 saturated carbocycles. The van der Waals surface area contributed by atoms with E-state index in [0.717, 1.165) is 70.6 Å². The SMILES string of the molecule is CCCCCCC/C=C\C/C=C\C/C=C\CCCCCCCCCCCCC(=O)OC(COC(=O)CCCCCCCCC/C=C\CCCCCCCC)COP(=O)(O)OCCN. The molecule has 0 bridgehead atoms. The van der Waals surface area contributed by atoms with Gasteiger partial charge in [-0.25, -0.2) is 4.57 Å². The molecule has 0 aromatic carbocycles. The highest BCUT2D eigenvalue weighted by atomic mass is 31.2. The predicted octanol–water partition coefficient (Wildman–Crippen LogP) is 15.8. The van der Waals surface area contributed by atoms with Crippen LogP contribution in [0.25, 0.3) is 0 Å². The first-order valence-electron chi connectivity index (χ1n) is 26.1. The van der Waals surface area contributed by atoms with Crippen molar-refractivity contribution in [2.75, 3.05) is 26.4 Å². The summed E-state index contributed by atoms with van der Waals surface area (Å²) in [4.78, 5) is 35.1. The fourth-order valence-corrected chi connectivity index (χ4v) is 8.05. The fraction of sp³-hybridized carbons (Fsp3) is 0.811. The van der Waals surface area contributed by atoms with Crippen molar-refractivity contribution in [3.8, 4) is 0 Å². The minimum atomic E-state index is -4.39. The van der Waals surface area contributed by atoms with Crippen LogP contribution in [0.15, 0.2) is 48.6 Å². The van der Waals surface area contributed by atoms with E-state index in [1.54, 1.807) is 0 Å². The van der Waals surface area contributed by atoms with Crippen LogP contribution in [-0.4, -0.2) is 49.3 Å². The number of ether oxygens (including phenoxy) is 2. The molecule has 0 amide bonds. The van der Waals surface area contributed by atoms with Crippen LogP contribution < -0.4 is 5.73 Å². The molecule has 0 spiro atoms. The van der Waals surface area contributed by atoms with Gasteiger partial charge in [0.1, 0.15) is 6.61 Å². The topological polar surface area (TPSA) is 134 Å². The second kappa shape index (κ2) is 49.4. The van der Waals surface area contributed by atoms with Crippen LogP contribution in [0.3, 0.4) is 0 Å². The van der Waals surface area contributed by atoms with Gasteiger partial charge >= 0.3 is 19.8 Å². The fourth-order valence-electron chi connectivity index (χ4n) is 7.28. The molecule has 0 rings (SSSR count). The van der Waals surface area contributed by atoms with Gasteiger partial charge in [-0.05, 0) is 77.0 Å². The molecule has 0 saturated heterocycles. The molecule has 2 unspecified atom stereocenters. The summed E-state index contributed by atoms with van der Waals surface area (Å²) in [5.74, 6) is -0.832. The summed E-state index contributed by atoms with van der Waals surface area (Å²) in [6, 6.07) is 0. The first-order chi connectivity index (χ1) is 30.8. The Balaban J connectivity index is 4.04. The molecule has 0 radical (unpaired) electrons. The maximum atomic E-state index is 12.7. The van der Waals surface area contributed by atoms with Crippen molar-refractivity contribution in [3.05, 3.63) is 48.6 Å². The average molecular weight is 908 g/mol. The van der Waals surface area contributed by atoms with Crippen LogP contribution >= 0.6 is 7.82 Å². The van der Waals surface area contributed by atoms with Crippen molar-refractivity contribution in [3.63, 3.8) is 0 Å². The Morgan fingerprint density at radius 2 is 0.825 bits per heavy atom. The van der Waals surface area contributed by atoms with Crippen molar-refractivity contribution < 1.29 is 37.6 Å². The van der Waals surface area contributed by atoms with E-state index in [0.29, 0.717) is 6.42 Å². The van der Waals surface area contributed by atoms with Crippen LogP contribution in [0, 0.1) is 0 Å². The molecular weight excluding hydrogens is 810 g/mol. The van der Waals surface area contributed by atoms with Crippen LogP contribution in [0.5, 0.6) is 0 Å². The third kappa shape index (κ3) is 49.2. The molecule has 63 heavy (non-hydrogen) atoms. The standard InChI is InChI=1S/C53H98NO8P/c1-3-5-7-9-11-13-15-17-19-21-22-23-24-25-26-27-28-30-32-34-36-38-40-42-44-46-53(56)62-51(50-61-63(57,58)60-48-47-54)49-59-52(55)45-43-41-39-37-35-33-31-29-20-18-16-14-12-10-8-6-4-2/h15,17-18,20-22,24-25,51H,3-14,16,19,23,26-50,54H2,1-2H3,(H,57,58)/b17-15-,20-18-,22-21-,25-24-. The van der Waals surface area contributed by atoms with Gasteiger partial charge in [0.05, 0.1) is 13.2 Å². The quantitative estimate of drug-likeness (QED) is 0.0265. The Morgan fingerprint density at radius 3 is 1.24 bits per heavy atom. The van der Waals surface area contributed by atoms with Crippen molar-refractivity contribution >= 4 is 19.8 Å². The molecule has 2 atom stereocenters. The van der Waals surface area contributed by atoms with Gasteiger partial charge in [0.2, 0.25) is 0 Å². The average Bonchev–Trinajstić information content (AvgIpc) is 3.27. The number of carbonyl (C=O) groups is 2. The normalized spacial score (nSPS) is 13.5. The molecule has 3 N–H and O–H groups in total. The molecule has 0 aliphatic rings. The van der Waals surface area contributed by atoms with E-state index < -0.39 is 26.5 Å². The van der Waals surface area contributed by atoms with E-state index in [1.807, 2.05) is 0 Å². The molecule has 0 heterocycles. The van der Waals surface area contributed by atoms with E-state index in [9.17, 15) is 19.0 Å². The van der Waals surface area contributed by atoms with Crippen molar-refractivity contribution in [1.29, 1.82) is 0 Å². The number of phosphoric acid groups is 1. The van der Waals surface area contributed by atoms with Crippen molar-refractivity contribution in [2.24, 2.45) is 5.73 Å². The lowest BCUT2D eigenvalue weighted by Crippen LogP contribution is -2.29. The zero-order valence-electron chi connectivity index (χ0n) is 40.8. The number of carbonyl (C=O) groups excluding carboxylic acids is 2. The second-order valence-electron chi connectivity index (χ2n) is 17.4. The zero-order valence-corrected chi connectivity index (χ0v) is 41.7. The largest absolute Gasteiger partial charge is 0.472 e. The Labute approximate surface area is 387 Å². The Hall–Kier alpha value is -2.03. The van der Waals surface area contributed by atoms with Gasteiger partial charge in [0.15, 0.2) is 6.10 Å². The zero-order chi connectivity index (χ0) is 46.0. The van der Waals surface area contributed by atoms with Crippen LogP contribution in [0.4, 0.5) is 0 Å². The Bertz CT molecular complexity index is 1170. The van der Waals surface area contributed by atoms with Gasteiger partial charge < -0.3 is 20.1 Å². The Kier molecular flexibility index (Phi) is 47.8. The molecule has 0 aliphatic heterocycles. The summed E-state index contributed by atoms with van der Waals surface area (Å²) in [7, 11) is -4.39. The molecule has 0 aliphatic carbocycles. The number of allylic oxidation sites excluding steroid dienone is 8. The van der Waals surface area contributed by atoms with E-state index in [2.05, 4.69) is 62.5 Å². The first kappa shape index (κ1) is 61.0. The number of unbranched alkanes of at least 4 members (excludes halogenated alkanes) is 28. The lowest BCUT2D eigenvalue weighted by atomic mass is 10.0. The maximum Gasteiger partial charge on any atom is 0.472 e. The summed E-state index contributed by atoms with van der Waals surface area (Å²) in [5, 5.41) is 0. The summed E-state index contributed by atoms with van der Waals surface area (Å²) in [6.45, 7) is 3.73. The number of hydrogen-bond donors (Lipinski definition) is 2. The van der Waals surface area contributed by atoms with Gasteiger partial charge in [-0.3, -0.25) is 18.6 Å². The summed E-state index contributed by atoms with van der Waals surface area (Å²) >= 11 is 0. The smallest absolute Gasteiger partial charge is 0.462 e. The van der Waals surface area contributed by atoms with Gasteiger partial charge in [0.25, 0.3) is 0 Å². The second-order valence-corrected chi connectivity index (χ2v) is 18.8. The van der Waals surface area contributed by atoms with Gasteiger partial charge in [-0.15, -0.1) is 0 Å². The summed E-state index contributed by atoms with van der Waals surface area (Å²) in [5.41, 5.74) is 5.37. The first-order valence-corrected chi connectivity index (χ1v) is 27.6. The van der Waals surface area contributed by atoms with Gasteiger partial charge in [0, 0.05) is 19.4 Å². The number of hydrogen-bond acceptors (Lipinski definition) is 8. The maximum absolute atomic E-state index is 12.7. The lowest BCUT2D eigenvalue weighted by Gasteiger charge is -2.19. The minimum absolute atomic E-state index is 0.0513. The van der Waals surface area contributed by atoms with Crippen LogP contribution in [0.2, 0.25) is 0 Å². The molecular formula is C53H98NO8P. The highest BCUT2D eigenvalue weighted by Crippen LogP contribution is 2.43.